The normalized spacial score (nSPS) is 10.6. The van der Waals surface area contributed by atoms with E-state index in [-0.39, 0.29) is 0 Å². The molecular weight excluding hydrogens is 218 g/mol. The van der Waals surface area contributed by atoms with Crippen molar-refractivity contribution in [2.24, 2.45) is 5.73 Å². The molecule has 0 amide bonds. The number of thiocarbonyl (C=S) groups is 1. The van der Waals surface area contributed by atoms with Crippen molar-refractivity contribution in [3.8, 4) is 0 Å². The molecule has 0 bridgehead atoms. The van der Waals surface area contributed by atoms with Crippen molar-refractivity contribution in [1.82, 2.24) is 9.88 Å². The molecule has 16 heavy (non-hydrogen) atoms. The predicted molar refractivity (Wildman–Crippen MR) is 71.5 cm³/mol. The molecule has 0 unspecified atom stereocenters. The zero-order chi connectivity index (χ0) is 11.8. The summed E-state index contributed by atoms with van der Waals surface area (Å²) in [5.74, 6) is 0. The van der Waals surface area contributed by atoms with Crippen molar-refractivity contribution in [2.45, 2.75) is 19.3 Å². The van der Waals surface area contributed by atoms with Crippen LogP contribution in [0.3, 0.4) is 0 Å². The van der Waals surface area contributed by atoms with Gasteiger partial charge in [0.25, 0.3) is 0 Å². The highest BCUT2D eigenvalue weighted by Gasteiger charge is 1.99. The Bertz CT molecular complexity index is 313. The predicted octanol–water partition coefficient (Wildman–Crippen LogP) is 1.62. The summed E-state index contributed by atoms with van der Waals surface area (Å²) < 4.78 is 0. The maximum absolute atomic E-state index is 5.45. The molecule has 88 valence electrons. The maximum atomic E-state index is 5.45. The van der Waals surface area contributed by atoms with Gasteiger partial charge in [0.1, 0.15) is 0 Å². The van der Waals surface area contributed by atoms with E-state index in [2.05, 4.69) is 29.1 Å². The molecule has 0 aliphatic heterocycles. The van der Waals surface area contributed by atoms with Crippen molar-refractivity contribution < 1.29 is 0 Å². The smallest absolute Gasteiger partial charge is 0.0727 e. The minimum Gasteiger partial charge on any atom is -0.393 e. The Balaban J connectivity index is 2.15. The molecule has 0 aliphatic rings. The lowest BCUT2D eigenvalue weighted by Crippen LogP contribution is -2.23. The third-order valence-corrected chi connectivity index (χ3v) is 2.70. The van der Waals surface area contributed by atoms with E-state index >= 15 is 0 Å². The molecule has 0 aromatic carbocycles. The largest absolute Gasteiger partial charge is 0.393 e. The number of hydrogen-bond acceptors (Lipinski definition) is 3. The fourth-order valence-corrected chi connectivity index (χ4v) is 1.65. The van der Waals surface area contributed by atoms with Crippen LogP contribution in [0.4, 0.5) is 0 Å². The summed E-state index contributed by atoms with van der Waals surface area (Å²) >= 11 is 4.84. The van der Waals surface area contributed by atoms with Crippen molar-refractivity contribution in [3.05, 3.63) is 30.1 Å². The number of aromatic nitrogens is 1. The van der Waals surface area contributed by atoms with Gasteiger partial charge in [0.15, 0.2) is 0 Å². The molecule has 0 atom stereocenters. The van der Waals surface area contributed by atoms with Crippen LogP contribution in [0.5, 0.6) is 0 Å². The van der Waals surface area contributed by atoms with E-state index in [0.717, 1.165) is 32.4 Å². The van der Waals surface area contributed by atoms with Gasteiger partial charge in [0.05, 0.1) is 4.99 Å². The molecule has 4 heteroatoms. The third-order valence-electron chi connectivity index (χ3n) is 2.49. The van der Waals surface area contributed by atoms with Gasteiger partial charge in [-0.05, 0) is 50.6 Å². The summed E-state index contributed by atoms with van der Waals surface area (Å²) in [7, 11) is 2.13. The van der Waals surface area contributed by atoms with Crippen molar-refractivity contribution in [3.63, 3.8) is 0 Å². The second-order valence-corrected chi connectivity index (χ2v) is 4.50. The fourth-order valence-electron chi connectivity index (χ4n) is 1.50. The average Bonchev–Trinajstić information content (AvgIpc) is 2.27. The van der Waals surface area contributed by atoms with E-state index in [9.17, 15) is 0 Å². The zero-order valence-corrected chi connectivity index (χ0v) is 10.5. The van der Waals surface area contributed by atoms with E-state index < -0.39 is 0 Å². The summed E-state index contributed by atoms with van der Waals surface area (Å²) in [6.07, 6.45) is 6.62. The highest BCUT2D eigenvalue weighted by Crippen LogP contribution is 2.00. The van der Waals surface area contributed by atoms with Gasteiger partial charge in [-0.15, -0.1) is 0 Å². The van der Waals surface area contributed by atoms with E-state index in [1.807, 2.05) is 12.4 Å². The van der Waals surface area contributed by atoms with E-state index in [0.29, 0.717) is 4.99 Å². The lowest BCUT2D eigenvalue weighted by molar-refractivity contribution is 0.336. The second kappa shape index (κ2) is 7.30. The van der Waals surface area contributed by atoms with E-state index in [1.165, 1.54) is 5.56 Å². The van der Waals surface area contributed by atoms with Gasteiger partial charge >= 0.3 is 0 Å². The van der Waals surface area contributed by atoms with Crippen LogP contribution >= 0.6 is 12.2 Å². The number of rotatable bonds is 7. The van der Waals surface area contributed by atoms with Gasteiger partial charge in [-0.25, -0.2) is 0 Å². The molecule has 2 N–H and O–H groups in total. The quantitative estimate of drug-likeness (QED) is 0.732. The van der Waals surface area contributed by atoms with Crippen LogP contribution in [0.15, 0.2) is 24.5 Å². The van der Waals surface area contributed by atoms with Crippen LogP contribution in [0.1, 0.15) is 18.4 Å². The van der Waals surface area contributed by atoms with Gasteiger partial charge < -0.3 is 10.6 Å². The van der Waals surface area contributed by atoms with Gasteiger partial charge in [0, 0.05) is 18.9 Å². The van der Waals surface area contributed by atoms with Crippen LogP contribution in [-0.2, 0) is 6.42 Å². The SMILES string of the molecule is CN(CCCC(N)=S)CCc1ccncc1. The van der Waals surface area contributed by atoms with Crippen molar-refractivity contribution in [2.75, 3.05) is 20.1 Å². The van der Waals surface area contributed by atoms with Gasteiger partial charge in [0.2, 0.25) is 0 Å². The molecule has 1 rings (SSSR count). The Labute approximate surface area is 103 Å². The zero-order valence-electron chi connectivity index (χ0n) is 9.72. The first-order valence-corrected chi connectivity index (χ1v) is 5.95. The summed E-state index contributed by atoms with van der Waals surface area (Å²) in [6.45, 7) is 2.10. The lowest BCUT2D eigenvalue weighted by atomic mass is 10.2. The molecule has 0 fully saturated rings. The van der Waals surface area contributed by atoms with Gasteiger partial charge in [-0.3, -0.25) is 4.98 Å². The number of likely N-dealkylation sites (N-methyl/N-ethyl adjacent to an activating group) is 1. The fraction of sp³-hybridized carbons (Fsp3) is 0.500. The summed E-state index contributed by atoms with van der Waals surface area (Å²) in [5.41, 5.74) is 6.78. The average molecular weight is 237 g/mol. The second-order valence-electron chi connectivity index (χ2n) is 3.98. The van der Waals surface area contributed by atoms with E-state index in [4.69, 9.17) is 18.0 Å². The summed E-state index contributed by atoms with van der Waals surface area (Å²) in [6, 6.07) is 4.12. The highest BCUT2D eigenvalue weighted by atomic mass is 32.1. The molecule has 0 saturated carbocycles. The van der Waals surface area contributed by atoms with Crippen LogP contribution in [0.2, 0.25) is 0 Å². The first-order valence-electron chi connectivity index (χ1n) is 5.54. The first-order chi connectivity index (χ1) is 7.68. The van der Waals surface area contributed by atoms with Crippen LogP contribution in [0, 0.1) is 0 Å². The Morgan fingerprint density at radius 2 is 2.06 bits per heavy atom. The highest BCUT2D eigenvalue weighted by molar-refractivity contribution is 7.80. The summed E-state index contributed by atoms with van der Waals surface area (Å²) in [5, 5.41) is 0. The van der Waals surface area contributed by atoms with Crippen molar-refractivity contribution in [1.29, 1.82) is 0 Å². The molecule has 0 spiro atoms. The van der Waals surface area contributed by atoms with Crippen LogP contribution < -0.4 is 5.73 Å². The van der Waals surface area contributed by atoms with Crippen molar-refractivity contribution >= 4 is 17.2 Å². The molecule has 1 aromatic heterocycles. The molecular formula is C12H19N3S. The molecule has 1 aromatic rings. The number of nitrogens with two attached hydrogens (primary N) is 1. The van der Waals surface area contributed by atoms with Crippen LogP contribution in [0.25, 0.3) is 0 Å². The van der Waals surface area contributed by atoms with Gasteiger partial charge in [-0.2, -0.15) is 0 Å². The maximum Gasteiger partial charge on any atom is 0.0727 e. The summed E-state index contributed by atoms with van der Waals surface area (Å²) in [4.78, 5) is 6.92. The molecule has 0 saturated heterocycles. The standard InChI is InChI=1S/C12H19N3S/c1-15(9-2-3-12(13)16)10-6-11-4-7-14-8-5-11/h4-5,7-8H,2-3,6,9-10H2,1H3,(H2,13,16). The Hall–Kier alpha value is -1.00. The molecule has 0 radical (unpaired) electrons. The van der Waals surface area contributed by atoms with E-state index in [1.54, 1.807) is 0 Å². The minimum atomic E-state index is 0.613. The monoisotopic (exact) mass is 237 g/mol. The Morgan fingerprint density at radius 1 is 1.38 bits per heavy atom. The molecule has 0 aliphatic carbocycles. The molecule has 1 heterocycles. The number of nitrogens with zero attached hydrogens (tertiary/aromatic N) is 2. The molecule has 3 nitrogen and oxygen atoms in total. The Kier molecular flexibility index (Phi) is 5.96. The lowest BCUT2D eigenvalue weighted by Gasteiger charge is -2.16. The first kappa shape index (κ1) is 13.1. The van der Waals surface area contributed by atoms with Gasteiger partial charge in [-0.1, -0.05) is 12.2 Å². The minimum absolute atomic E-state index is 0.613. The Morgan fingerprint density at radius 3 is 2.69 bits per heavy atom. The number of pyridine rings is 1. The topological polar surface area (TPSA) is 42.1 Å². The number of hydrogen-bond donors (Lipinski definition) is 1. The van der Waals surface area contributed by atoms with Crippen LogP contribution in [-0.4, -0.2) is 35.0 Å². The third kappa shape index (κ3) is 5.78.